The van der Waals surface area contributed by atoms with Gasteiger partial charge in [-0.3, -0.25) is 0 Å². The fourth-order valence-corrected chi connectivity index (χ4v) is 11.4. The molecule has 0 aliphatic heterocycles. The molecule has 0 radical (unpaired) electrons. The van der Waals surface area contributed by atoms with E-state index >= 15 is 0 Å². The summed E-state index contributed by atoms with van der Waals surface area (Å²) in [6, 6.07) is 62.5. The van der Waals surface area contributed by atoms with Crippen LogP contribution in [0, 0.1) is 0 Å². The minimum atomic E-state index is -0.285. The van der Waals surface area contributed by atoms with Crippen LogP contribution in [0.1, 0.15) is 23.6 Å². The summed E-state index contributed by atoms with van der Waals surface area (Å²) >= 11 is 3.70. The van der Waals surface area contributed by atoms with Gasteiger partial charge in [-0.1, -0.05) is 109 Å². The minimum absolute atomic E-state index is 0.285. The number of benzene rings is 8. The number of hydrogen-bond acceptors (Lipinski definition) is 4. The Morgan fingerprint density at radius 1 is 0.444 bits per heavy atom. The van der Waals surface area contributed by atoms with Gasteiger partial charge >= 0.3 is 0 Å². The van der Waals surface area contributed by atoms with Crippen LogP contribution >= 0.6 is 22.7 Å². The van der Waals surface area contributed by atoms with Crippen LogP contribution in [0.2, 0.25) is 0 Å². The molecule has 0 unspecified atom stereocenters. The van der Waals surface area contributed by atoms with Crippen molar-refractivity contribution in [2.24, 2.45) is 0 Å². The predicted octanol–water partition coefficient (Wildman–Crippen LogP) is 15.1. The second kappa shape index (κ2) is 11.2. The van der Waals surface area contributed by atoms with Gasteiger partial charge in [-0.15, -0.1) is 22.7 Å². The molecular weight excluding hydrogens is 695 g/mol. The largest absolute Gasteiger partial charge is 0.454 e. The lowest BCUT2D eigenvalue weighted by atomic mass is 9.74. The minimum Gasteiger partial charge on any atom is -0.454 e. The van der Waals surface area contributed by atoms with Gasteiger partial charge in [0, 0.05) is 67.9 Å². The van der Waals surface area contributed by atoms with Crippen molar-refractivity contribution in [3.8, 4) is 11.1 Å². The lowest BCUT2D eigenvalue weighted by Crippen LogP contribution is -2.22. The Balaban J connectivity index is 1.09. The zero-order valence-corrected chi connectivity index (χ0v) is 31.0. The summed E-state index contributed by atoms with van der Waals surface area (Å²) < 4.78 is 12.1. The van der Waals surface area contributed by atoms with Gasteiger partial charge < -0.3 is 9.32 Å². The molecule has 12 rings (SSSR count). The van der Waals surface area contributed by atoms with Gasteiger partial charge in [0.15, 0.2) is 5.58 Å². The van der Waals surface area contributed by atoms with Gasteiger partial charge in [-0.05, 0) is 95.4 Å². The molecular formula is C50H31NOS2. The van der Waals surface area contributed by atoms with Crippen molar-refractivity contribution in [2.45, 2.75) is 12.3 Å². The third-order valence-electron chi connectivity index (χ3n) is 11.8. The maximum Gasteiger partial charge on any atom is 0.159 e. The highest BCUT2D eigenvalue weighted by atomic mass is 32.1. The first-order chi connectivity index (χ1) is 26.6. The monoisotopic (exact) mass is 725 g/mol. The Bertz CT molecular complexity index is 3280. The quantitative estimate of drug-likeness (QED) is 0.180. The van der Waals surface area contributed by atoms with Crippen LogP contribution in [-0.2, 0) is 5.41 Å². The number of hydrogen-bond donors (Lipinski definition) is 0. The zero-order valence-electron chi connectivity index (χ0n) is 29.3. The van der Waals surface area contributed by atoms with Crippen LogP contribution in [0.4, 0.5) is 17.1 Å². The molecule has 54 heavy (non-hydrogen) atoms. The molecule has 0 saturated heterocycles. The molecule has 0 amide bonds. The lowest BCUT2D eigenvalue weighted by Gasteiger charge is -2.28. The Kier molecular flexibility index (Phi) is 6.26. The predicted molar refractivity (Wildman–Crippen MR) is 232 cm³/mol. The third-order valence-corrected chi connectivity index (χ3v) is 14.0. The van der Waals surface area contributed by atoms with E-state index in [1.807, 2.05) is 22.7 Å². The van der Waals surface area contributed by atoms with Crippen LogP contribution in [0.25, 0.3) is 73.4 Å². The van der Waals surface area contributed by atoms with Crippen molar-refractivity contribution in [1.29, 1.82) is 0 Å². The lowest BCUT2D eigenvalue weighted by molar-refractivity contribution is 0.667. The van der Waals surface area contributed by atoms with Crippen molar-refractivity contribution < 1.29 is 4.42 Å². The van der Waals surface area contributed by atoms with Crippen molar-refractivity contribution in [2.75, 3.05) is 4.90 Å². The van der Waals surface area contributed by atoms with E-state index in [2.05, 4.69) is 182 Å². The average molecular weight is 726 g/mol. The Hall–Kier alpha value is -6.20. The maximum absolute atomic E-state index is 6.94. The van der Waals surface area contributed by atoms with E-state index in [-0.39, 0.29) is 5.41 Å². The molecule has 1 aliphatic rings. The average Bonchev–Trinajstić information content (AvgIpc) is 3.97. The maximum atomic E-state index is 6.94. The number of furan rings is 1. The summed E-state index contributed by atoms with van der Waals surface area (Å²) in [5, 5.41) is 7.40. The molecule has 1 aliphatic carbocycles. The van der Waals surface area contributed by atoms with E-state index in [1.54, 1.807) is 0 Å². The highest BCUT2D eigenvalue weighted by molar-refractivity contribution is 7.26. The highest BCUT2D eigenvalue weighted by Crippen LogP contribution is 2.53. The van der Waals surface area contributed by atoms with Gasteiger partial charge in [0.25, 0.3) is 0 Å². The first-order valence-corrected chi connectivity index (χ1v) is 20.0. The molecule has 3 aromatic heterocycles. The summed E-state index contributed by atoms with van der Waals surface area (Å²) in [4.78, 5) is 2.39. The van der Waals surface area contributed by atoms with E-state index in [4.69, 9.17) is 4.42 Å². The number of rotatable bonds is 4. The standard InChI is InChI=1S/C50H31NOS2/c1-50(41-16-6-2-11-33(41)34-12-3-7-17-42(34)50)30-21-25-44-39(27-30)38-15-10-18-43(49(38)52-44)51(31-23-26-47-40(28-31)36-14-5-9-20-46(36)53-47)32-22-24-37-35-13-4-8-19-45(35)54-48(37)29-32/h2-29H,1H3. The molecule has 2 nitrogen and oxygen atoms in total. The first-order valence-electron chi connectivity index (χ1n) is 18.4. The Labute approximate surface area is 319 Å². The Morgan fingerprint density at radius 3 is 1.81 bits per heavy atom. The number of para-hydroxylation sites is 1. The Morgan fingerprint density at radius 2 is 1.04 bits per heavy atom. The van der Waals surface area contributed by atoms with E-state index in [9.17, 15) is 0 Å². The van der Waals surface area contributed by atoms with Crippen molar-refractivity contribution >= 4 is 102 Å². The first kappa shape index (κ1) is 30.3. The molecule has 8 aromatic carbocycles. The van der Waals surface area contributed by atoms with Gasteiger partial charge in [-0.25, -0.2) is 0 Å². The summed E-state index contributed by atoms with van der Waals surface area (Å²) in [6.45, 7) is 2.38. The van der Waals surface area contributed by atoms with Crippen LogP contribution < -0.4 is 4.90 Å². The number of anilines is 3. The summed E-state index contributed by atoms with van der Waals surface area (Å²) in [5.74, 6) is 0. The number of thiophene rings is 2. The SMILES string of the molecule is CC1(c2ccc3oc4c(N(c5ccc6c(c5)sc5ccccc56)c5ccc6sc7ccccc7c6c5)cccc4c3c2)c2ccccc2-c2ccccc21. The second-order valence-electron chi connectivity index (χ2n) is 14.6. The normalized spacial score (nSPS) is 13.4. The number of nitrogens with zero attached hydrogens (tertiary/aromatic N) is 1. The van der Waals surface area contributed by atoms with E-state index < -0.39 is 0 Å². The van der Waals surface area contributed by atoms with Crippen molar-refractivity contribution in [1.82, 2.24) is 0 Å². The molecule has 0 N–H and O–H groups in total. The van der Waals surface area contributed by atoms with Crippen LogP contribution in [-0.4, -0.2) is 0 Å². The molecule has 0 bridgehead atoms. The molecule has 0 fully saturated rings. The second-order valence-corrected chi connectivity index (χ2v) is 16.7. The van der Waals surface area contributed by atoms with E-state index in [1.165, 1.54) is 68.2 Å². The summed E-state index contributed by atoms with van der Waals surface area (Å²) in [7, 11) is 0. The van der Waals surface area contributed by atoms with Crippen LogP contribution in [0.3, 0.4) is 0 Å². The third kappa shape index (κ3) is 4.15. The summed E-state index contributed by atoms with van der Waals surface area (Å²) in [6.07, 6.45) is 0. The molecule has 11 aromatic rings. The van der Waals surface area contributed by atoms with Crippen molar-refractivity contribution in [3.63, 3.8) is 0 Å². The summed E-state index contributed by atoms with van der Waals surface area (Å²) in [5.41, 5.74) is 11.3. The molecule has 0 spiro atoms. The molecule has 3 heterocycles. The molecule has 0 saturated carbocycles. The van der Waals surface area contributed by atoms with E-state index in [0.717, 1.165) is 39.0 Å². The topological polar surface area (TPSA) is 16.4 Å². The van der Waals surface area contributed by atoms with E-state index in [0.29, 0.717) is 0 Å². The highest BCUT2D eigenvalue weighted by Gasteiger charge is 2.40. The molecule has 254 valence electrons. The molecule has 4 heteroatoms. The van der Waals surface area contributed by atoms with Gasteiger partial charge in [0.1, 0.15) is 5.58 Å². The number of fused-ring (bicyclic) bond motifs is 12. The molecule has 0 atom stereocenters. The van der Waals surface area contributed by atoms with Gasteiger partial charge in [0.2, 0.25) is 0 Å². The van der Waals surface area contributed by atoms with Crippen LogP contribution in [0.5, 0.6) is 0 Å². The van der Waals surface area contributed by atoms with Crippen LogP contribution in [0.15, 0.2) is 174 Å². The van der Waals surface area contributed by atoms with Gasteiger partial charge in [0.05, 0.1) is 5.69 Å². The zero-order chi connectivity index (χ0) is 35.5. The fraction of sp³-hybridized carbons (Fsp3) is 0.0400. The van der Waals surface area contributed by atoms with Crippen molar-refractivity contribution in [3.05, 3.63) is 187 Å². The fourth-order valence-electron chi connectivity index (χ4n) is 9.17. The van der Waals surface area contributed by atoms with Gasteiger partial charge in [-0.2, -0.15) is 0 Å². The smallest absolute Gasteiger partial charge is 0.159 e.